The molecule has 2 heteroatoms. The van der Waals surface area contributed by atoms with Crippen LogP contribution in [0, 0.1) is 0 Å². The molecule has 0 saturated heterocycles. The largest absolute Gasteiger partial charge is 0.397 e. The third-order valence-corrected chi connectivity index (χ3v) is 4.23. The van der Waals surface area contributed by atoms with Gasteiger partial charge in [0, 0.05) is 5.39 Å². The summed E-state index contributed by atoms with van der Waals surface area (Å²) in [4.78, 5) is 0. The number of nitrogens with two attached hydrogens (primary N) is 2. The number of hydrogen-bond donors (Lipinski definition) is 2. The second kappa shape index (κ2) is 7.92. The maximum atomic E-state index is 6.02. The van der Waals surface area contributed by atoms with E-state index < -0.39 is 0 Å². The maximum absolute atomic E-state index is 6.02. The summed E-state index contributed by atoms with van der Waals surface area (Å²) in [6, 6.07) is 10.5. The van der Waals surface area contributed by atoms with Crippen LogP contribution >= 0.6 is 0 Å². The summed E-state index contributed by atoms with van der Waals surface area (Å²) in [5.74, 6) is 0. The molecule has 2 nitrogen and oxygen atoms in total. The van der Waals surface area contributed by atoms with Crippen LogP contribution < -0.4 is 11.5 Å². The Balaban J connectivity index is 1.84. The zero-order valence-corrected chi connectivity index (χ0v) is 13.2. The highest BCUT2D eigenvalue weighted by atomic mass is 14.7. The fraction of sp³-hybridized carbons (Fsp3) is 0.474. The Morgan fingerprint density at radius 1 is 0.810 bits per heavy atom. The first kappa shape index (κ1) is 15.7. The van der Waals surface area contributed by atoms with E-state index in [2.05, 4.69) is 31.2 Å². The van der Waals surface area contributed by atoms with E-state index in [1.165, 1.54) is 55.9 Å². The second-order valence-corrected chi connectivity index (χ2v) is 6.00. The summed E-state index contributed by atoms with van der Waals surface area (Å²) < 4.78 is 0. The van der Waals surface area contributed by atoms with E-state index in [1.807, 2.05) is 6.07 Å². The quantitative estimate of drug-likeness (QED) is 0.510. The Hall–Kier alpha value is -1.70. The topological polar surface area (TPSA) is 52.0 Å². The third kappa shape index (κ3) is 4.38. The van der Waals surface area contributed by atoms with Gasteiger partial charge in [0.15, 0.2) is 0 Å². The smallest absolute Gasteiger partial charge is 0.0627 e. The molecule has 114 valence electrons. The Kier molecular flexibility index (Phi) is 5.91. The Morgan fingerprint density at radius 2 is 1.52 bits per heavy atom. The first-order valence-electron chi connectivity index (χ1n) is 8.29. The van der Waals surface area contributed by atoms with Crippen molar-refractivity contribution in [1.29, 1.82) is 0 Å². The number of rotatable bonds is 8. The lowest BCUT2D eigenvalue weighted by Gasteiger charge is -2.08. The number of nitrogen functional groups attached to an aromatic ring is 2. The number of benzene rings is 2. The fourth-order valence-electron chi connectivity index (χ4n) is 2.86. The van der Waals surface area contributed by atoms with E-state index in [0.717, 1.165) is 11.8 Å². The molecule has 0 heterocycles. The van der Waals surface area contributed by atoms with Crippen molar-refractivity contribution in [3.63, 3.8) is 0 Å². The highest BCUT2D eigenvalue weighted by molar-refractivity contribution is 5.98. The summed E-state index contributed by atoms with van der Waals surface area (Å²) in [6.45, 7) is 2.26. The van der Waals surface area contributed by atoms with Gasteiger partial charge in [-0.15, -0.1) is 0 Å². The Labute approximate surface area is 128 Å². The van der Waals surface area contributed by atoms with Crippen molar-refractivity contribution >= 4 is 22.1 Å². The van der Waals surface area contributed by atoms with Crippen LogP contribution in [0.5, 0.6) is 0 Å². The standard InChI is InChI=1S/C19H28N2/c1-2-3-4-5-6-7-8-9-15-10-12-17-16(14-15)11-13-18(20)19(17)21/h10-14H,2-9,20-21H2,1H3. The van der Waals surface area contributed by atoms with Gasteiger partial charge in [0.25, 0.3) is 0 Å². The van der Waals surface area contributed by atoms with E-state index in [0.29, 0.717) is 11.4 Å². The van der Waals surface area contributed by atoms with Crippen molar-refractivity contribution < 1.29 is 0 Å². The molecule has 0 bridgehead atoms. The molecule has 0 unspecified atom stereocenters. The van der Waals surface area contributed by atoms with E-state index in [1.54, 1.807) is 0 Å². The van der Waals surface area contributed by atoms with Gasteiger partial charge in [-0.05, 0) is 29.9 Å². The van der Waals surface area contributed by atoms with Crippen LogP contribution in [0.4, 0.5) is 11.4 Å². The van der Waals surface area contributed by atoms with Crippen LogP contribution in [-0.2, 0) is 6.42 Å². The monoisotopic (exact) mass is 284 g/mol. The zero-order chi connectivity index (χ0) is 15.1. The van der Waals surface area contributed by atoms with E-state index in [-0.39, 0.29) is 0 Å². The van der Waals surface area contributed by atoms with Gasteiger partial charge in [0.2, 0.25) is 0 Å². The van der Waals surface area contributed by atoms with Gasteiger partial charge in [-0.3, -0.25) is 0 Å². The average molecular weight is 284 g/mol. The van der Waals surface area contributed by atoms with Crippen LogP contribution in [0.1, 0.15) is 57.4 Å². The molecule has 0 radical (unpaired) electrons. The molecule has 0 aliphatic rings. The van der Waals surface area contributed by atoms with Gasteiger partial charge in [-0.2, -0.15) is 0 Å². The minimum absolute atomic E-state index is 0.669. The summed E-state index contributed by atoms with van der Waals surface area (Å²) in [7, 11) is 0. The average Bonchev–Trinajstić information content (AvgIpc) is 2.50. The summed E-state index contributed by atoms with van der Waals surface area (Å²) in [6.07, 6.45) is 10.6. The van der Waals surface area contributed by atoms with Gasteiger partial charge in [0.1, 0.15) is 0 Å². The molecular formula is C19H28N2. The van der Waals surface area contributed by atoms with Gasteiger partial charge in [0.05, 0.1) is 11.4 Å². The molecule has 2 aromatic carbocycles. The molecule has 0 aromatic heterocycles. The first-order valence-corrected chi connectivity index (χ1v) is 8.29. The highest BCUT2D eigenvalue weighted by Gasteiger charge is 2.03. The van der Waals surface area contributed by atoms with Crippen LogP contribution in [-0.4, -0.2) is 0 Å². The lowest BCUT2D eigenvalue weighted by atomic mass is 10.0. The normalized spacial score (nSPS) is 11.1. The molecule has 0 amide bonds. The van der Waals surface area contributed by atoms with Crippen molar-refractivity contribution in [2.24, 2.45) is 0 Å². The van der Waals surface area contributed by atoms with E-state index in [4.69, 9.17) is 11.5 Å². The molecule has 0 spiro atoms. The minimum Gasteiger partial charge on any atom is -0.397 e. The summed E-state index contributed by atoms with van der Waals surface area (Å²) >= 11 is 0. The fourth-order valence-corrected chi connectivity index (χ4v) is 2.86. The van der Waals surface area contributed by atoms with Crippen molar-refractivity contribution in [2.45, 2.75) is 58.3 Å². The van der Waals surface area contributed by atoms with Crippen LogP contribution in [0.25, 0.3) is 10.8 Å². The Bertz CT molecular complexity index is 575. The van der Waals surface area contributed by atoms with Crippen molar-refractivity contribution in [3.05, 3.63) is 35.9 Å². The molecule has 0 fully saturated rings. The maximum Gasteiger partial charge on any atom is 0.0627 e. The molecule has 2 rings (SSSR count). The lowest BCUT2D eigenvalue weighted by molar-refractivity contribution is 0.589. The number of unbranched alkanes of at least 4 members (excludes halogenated alkanes) is 6. The lowest BCUT2D eigenvalue weighted by Crippen LogP contribution is -1.95. The molecule has 2 aromatic rings. The summed E-state index contributed by atoms with van der Waals surface area (Å²) in [5.41, 5.74) is 14.6. The molecule has 0 atom stereocenters. The highest BCUT2D eigenvalue weighted by Crippen LogP contribution is 2.27. The zero-order valence-electron chi connectivity index (χ0n) is 13.2. The summed E-state index contributed by atoms with van der Waals surface area (Å²) in [5, 5.41) is 2.26. The first-order chi connectivity index (χ1) is 10.2. The molecule has 0 saturated carbocycles. The molecule has 0 aliphatic heterocycles. The SMILES string of the molecule is CCCCCCCCCc1ccc2c(N)c(N)ccc2c1. The van der Waals surface area contributed by atoms with Crippen LogP contribution in [0.2, 0.25) is 0 Å². The van der Waals surface area contributed by atoms with Gasteiger partial charge >= 0.3 is 0 Å². The Morgan fingerprint density at radius 3 is 2.29 bits per heavy atom. The van der Waals surface area contributed by atoms with Crippen molar-refractivity contribution in [3.8, 4) is 0 Å². The van der Waals surface area contributed by atoms with E-state index >= 15 is 0 Å². The molecule has 21 heavy (non-hydrogen) atoms. The molecule has 4 N–H and O–H groups in total. The van der Waals surface area contributed by atoms with Crippen LogP contribution in [0.3, 0.4) is 0 Å². The second-order valence-electron chi connectivity index (χ2n) is 6.00. The molecular weight excluding hydrogens is 256 g/mol. The number of hydrogen-bond acceptors (Lipinski definition) is 2. The predicted octanol–water partition coefficient (Wildman–Crippen LogP) is 5.30. The third-order valence-electron chi connectivity index (χ3n) is 4.23. The van der Waals surface area contributed by atoms with Gasteiger partial charge in [-0.25, -0.2) is 0 Å². The number of anilines is 2. The predicted molar refractivity (Wildman–Crippen MR) is 94.5 cm³/mol. The number of fused-ring (bicyclic) bond motifs is 1. The molecule has 0 aliphatic carbocycles. The van der Waals surface area contributed by atoms with Gasteiger partial charge in [-0.1, -0.05) is 69.7 Å². The van der Waals surface area contributed by atoms with Crippen molar-refractivity contribution in [1.82, 2.24) is 0 Å². The van der Waals surface area contributed by atoms with Gasteiger partial charge < -0.3 is 11.5 Å². The minimum atomic E-state index is 0.669. The van der Waals surface area contributed by atoms with Crippen molar-refractivity contribution in [2.75, 3.05) is 11.5 Å². The van der Waals surface area contributed by atoms with Crippen LogP contribution in [0.15, 0.2) is 30.3 Å². The van der Waals surface area contributed by atoms with E-state index in [9.17, 15) is 0 Å². The number of aryl methyl sites for hydroxylation is 1.